The number of esters is 2. The van der Waals surface area contributed by atoms with E-state index in [1.54, 1.807) is 31.3 Å². The Balaban J connectivity index is 1.91. The van der Waals surface area contributed by atoms with Gasteiger partial charge in [0.15, 0.2) is 11.4 Å². The lowest BCUT2D eigenvalue weighted by atomic mass is 10.1. The number of hydrogen-bond acceptors (Lipinski definition) is 9. The fraction of sp³-hybridized carbons (Fsp3) is 0.154. The summed E-state index contributed by atoms with van der Waals surface area (Å²) in [6.07, 6.45) is 4.82. The predicted molar refractivity (Wildman–Crippen MR) is 136 cm³/mol. The van der Waals surface area contributed by atoms with Crippen molar-refractivity contribution in [3.05, 3.63) is 95.2 Å². The quantitative estimate of drug-likeness (QED) is 0.247. The van der Waals surface area contributed by atoms with E-state index < -0.39 is 23.6 Å². The number of ether oxygens (including phenoxy) is 2. The van der Waals surface area contributed by atoms with Crippen LogP contribution in [0.25, 0.3) is 23.0 Å². The van der Waals surface area contributed by atoms with Gasteiger partial charge in [-0.25, -0.2) is 27.7 Å². The van der Waals surface area contributed by atoms with E-state index in [1.165, 1.54) is 78.2 Å². The summed E-state index contributed by atoms with van der Waals surface area (Å²) in [5.74, 6) is -2.38. The van der Waals surface area contributed by atoms with Crippen LogP contribution in [0.5, 0.6) is 0 Å². The predicted octanol–water partition coefficient (Wildman–Crippen LogP) is 3.32. The average Bonchev–Trinajstić information content (AvgIpc) is 3.56. The summed E-state index contributed by atoms with van der Waals surface area (Å²) in [7, 11) is 5.95. The maximum atomic E-state index is 13.6. The molecule has 0 bridgehead atoms. The second kappa shape index (κ2) is 11.5. The van der Waals surface area contributed by atoms with Crippen LogP contribution >= 0.6 is 0 Å². The Labute approximate surface area is 221 Å². The molecule has 0 saturated carbocycles. The van der Waals surface area contributed by atoms with Crippen LogP contribution in [-0.4, -0.2) is 75.1 Å². The van der Waals surface area contributed by atoms with E-state index in [9.17, 15) is 18.4 Å². The van der Waals surface area contributed by atoms with Gasteiger partial charge >= 0.3 is 11.9 Å². The van der Waals surface area contributed by atoms with E-state index in [4.69, 9.17) is 9.47 Å². The monoisotopic (exact) mass is 535 g/mol. The maximum absolute atomic E-state index is 13.6. The Kier molecular flexibility index (Phi) is 7.89. The lowest BCUT2D eigenvalue weighted by molar-refractivity contribution is 0.0585. The Morgan fingerprint density at radius 2 is 1.28 bits per heavy atom. The molecule has 11 nitrogen and oxygen atoms in total. The van der Waals surface area contributed by atoms with Crippen molar-refractivity contribution in [1.29, 1.82) is 0 Å². The summed E-state index contributed by atoms with van der Waals surface area (Å²) >= 11 is 0. The molecule has 0 saturated heterocycles. The van der Waals surface area contributed by atoms with E-state index in [0.29, 0.717) is 16.9 Å². The average molecular weight is 536 g/mol. The zero-order chi connectivity index (χ0) is 28.1. The van der Waals surface area contributed by atoms with Crippen molar-refractivity contribution in [2.24, 2.45) is 0 Å². The first kappa shape index (κ1) is 26.9. The number of allylic oxidation sites excluding steroid dienone is 2. The summed E-state index contributed by atoms with van der Waals surface area (Å²) in [6, 6.07) is 10.9. The highest BCUT2D eigenvalue weighted by Gasteiger charge is 2.25. The Hall–Kier alpha value is -5.20. The highest BCUT2D eigenvalue weighted by atomic mass is 19.1. The van der Waals surface area contributed by atoms with Crippen LogP contribution in [0, 0.1) is 11.6 Å². The van der Waals surface area contributed by atoms with Crippen LogP contribution in [0.1, 0.15) is 32.4 Å². The van der Waals surface area contributed by atoms with Gasteiger partial charge in [0.1, 0.15) is 23.0 Å². The zero-order valence-electron chi connectivity index (χ0n) is 21.4. The molecule has 2 heterocycles. The third-order valence-corrected chi connectivity index (χ3v) is 5.37. The second-order valence-electron chi connectivity index (χ2n) is 8.25. The Morgan fingerprint density at radius 1 is 0.795 bits per heavy atom. The third-order valence-electron chi connectivity index (χ3n) is 5.37. The SMILES string of the molecule is COC(=O)c1nnn(-c2ccc(F)cc2)c1/C=C/C(=C/N(C)C)c1c(C(=O)OC)nnn1-c1ccc(F)cc1. The van der Waals surface area contributed by atoms with Crippen molar-refractivity contribution in [2.45, 2.75) is 0 Å². The first-order valence-electron chi connectivity index (χ1n) is 11.4. The number of aromatic nitrogens is 6. The molecule has 4 aromatic rings. The van der Waals surface area contributed by atoms with Crippen LogP contribution in [0.15, 0.2) is 60.8 Å². The molecule has 0 radical (unpaired) electrons. The van der Waals surface area contributed by atoms with Crippen molar-refractivity contribution < 1.29 is 27.8 Å². The van der Waals surface area contributed by atoms with Gasteiger partial charge in [-0.1, -0.05) is 10.4 Å². The van der Waals surface area contributed by atoms with Gasteiger partial charge in [0.05, 0.1) is 25.6 Å². The molecule has 13 heteroatoms. The van der Waals surface area contributed by atoms with Crippen LogP contribution in [-0.2, 0) is 9.47 Å². The Bertz CT molecular complexity index is 1560. The first-order valence-corrected chi connectivity index (χ1v) is 11.4. The van der Waals surface area contributed by atoms with E-state index in [-0.39, 0.29) is 22.8 Å². The zero-order valence-corrected chi connectivity index (χ0v) is 21.4. The maximum Gasteiger partial charge on any atom is 0.360 e. The molecule has 0 unspecified atom stereocenters. The normalized spacial score (nSPS) is 11.6. The Morgan fingerprint density at radius 3 is 1.82 bits per heavy atom. The van der Waals surface area contributed by atoms with Crippen molar-refractivity contribution in [3.8, 4) is 11.4 Å². The summed E-state index contributed by atoms with van der Waals surface area (Å²) in [6.45, 7) is 0. The number of nitrogens with zero attached hydrogens (tertiary/aromatic N) is 7. The fourth-order valence-electron chi connectivity index (χ4n) is 3.62. The number of methoxy groups -OCH3 is 2. The molecule has 200 valence electrons. The van der Waals surface area contributed by atoms with Gasteiger partial charge in [0, 0.05) is 25.9 Å². The first-order chi connectivity index (χ1) is 18.7. The number of benzene rings is 2. The van der Waals surface area contributed by atoms with Gasteiger partial charge in [-0.2, -0.15) is 0 Å². The molecule has 0 amide bonds. The molecule has 0 N–H and O–H groups in total. The molecule has 0 fully saturated rings. The molecule has 0 aliphatic rings. The van der Waals surface area contributed by atoms with Gasteiger partial charge < -0.3 is 14.4 Å². The van der Waals surface area contributed by atoms with Crippen molar-refractivity contribution in [3.63, 3.8) is 0 Å². The molecule has 0 aliphatic heterocycles. The summed E-state index contributed by atoms with van der Waals surface area (Å²) in [4.78, 5) is 26.8. The molecule has 0 spiro atoms. The molecular weight excluding hydrogens is 512 g/mol. The minimum absolute atomic E-state index is 0.0966. The standard InChI is InChI=1S/C26H23F2N7O4/c1-33(2)15-16(24-23(26(37)39-4)30-32-35(24)20-12-8-18(28)9-13-20)5-14-21-22(25(36)38-3)29-31-34(21)19-10-6-17(27)7-11-19/h5-15H,1-4H3/b14-5+,16-15-. The minimum atomic E-state index is -0.746. The largest absolute Gasteiger partial charge is 0.464 e. The van der Waals surface area contributed by atoms with Gasteiger partial charge in [-0.15, -0.1) is 10.2 Å². The number of halogens is 2. The van der Waals surface area contributed by atoms with Crippen molar-refractivity contribution >= 4 is 23.6 Å². The molecule has 0 aliphatic carbocycles. The number of carbonyl (C=O) groups is 2. The summed E-state index contributed by atoms with van der Waals surface area (Å²) in [5.41, 5.74) is 1.54. The minimum Gasteiger partial charge on any atom is -0.464 e. The van der Waals surface area contributed by atoms with Crippen LogP contribution < -0.4 is 0 Å². The summed E-state index contributed by atoms with van der Waals surface area (Å²) in [5, 5.41) is 16.1. The number of hydrogen-bond donors (Lipinski definition) is 0. The molecular formula is C26H23F2N7O4. The lowest BCUT2D eigenvalue weighted by Crippen LogP contribution is -2.10. The van der Waals surface area contributed by atoms with E-state index in [2.05, 4.69) is 20.6 Å². The van der Waals surface area contributed by atoms with Gasteiger partial charge in [0.25, 0.3) is 0 Å². The molecule has 0 atom stereocenters. The lowest BCUT2D eigenvalue weighted by Gasteiger charge is -2.12. The fourth-order valence-corrected chi connectivity index (χ4v) is 3.62. The highest BCUT2D eigenvalue weighted by Crippen LogP contribution is 2.26. The van der Waals surface area contributed by atoms with E-state index in [0.717, 1.165) is 0 Å². The van der Waals surface area contributed by atoms with Gasteiger partial charge in [0.2, 0.25) is 0 Å². The molecule has 2 aromatic carbocycles. The molecule has 4 rings (SSSR count). The highest BCUT2D eigenvalue weighted by molar-refractivity contribution is 5.96. The van der Waals surface area contributed by atoms with Crippen molar-refractivity contribution in [2.75, 3.05) is 28.3 Å². The van der Waals surface area contributed by atoms with Crippen LogP contribution in [0.4, 0.5) is 8.78 Å². The van der Waals surface area contributed by atoms with Crippen molar-refractivity contribution in [1.82, 2.24) is 34.9 Å². The third kappa shape index (κ3) is 5.71. The molecule has 2 aromatic heterocycles. The number of rotatable bonds is 8. The van der Waals surface area contributed by atoms with Crippen LogP contribution in [0.3, 0.4) is 0 Å². The molecule has 39 heavy (non-hydrogen) atoms. The topological polar surface area (TPSA) is 117 Å². The smallest absolute Gasteiger partial charge is 0.360 e. The van der Waals surface area contributed by atoms with Gasteiger partial charge in [-0.3, -0.25) is 0 Å². The van der Waals surface area contributed by atoms with E-state index in [1.807, 2.05) is 0 Å². The van der Waals surface area contributed by atoms with Gasteiger partial charge in [-0.05, 0) is 60.7 Å². The van der Waals surface area contributed by atoms with Crippen LogP contribution in [0.2, 0.25) is 0 Å². The van der Waals surface area contributed by atoms with E-state index >= 15 is 0 Å². The summed E-state index contributed by atoms with van der Waals surface area (Å²) < 4.78 is 39.6. The number of carbonyl (C=O) groups excluding carboxylic acids is 2. The second-order valence-corrected chi connectivity index (χ2v) is 8.25.